The Labute approximate surface area is 93.7 Å². The molecule has 0 amide bonds. The second-order valence-electron chi connectivity index (χ2n) is 3.45. The predicted molar refractivity (Wildman–Crippen MR) is 58.6 cm³/mol. The number of aromatic carboxylic acids is 1. The summed E-state index contributed by atoms with van der Waals surface area (Å²) in [6.45, 7) is 5.06. The van der Waals surface area contributed by atoms with Gasteiger partial charge < -0.3 is 15.2 Å². The number of aromatic nitrogens is 2. The van der Waals surface area contributed by atoms with Crippen LogP contribution in [0.3, 0.4) is 0 Å². The van der Waals surface area contributed by atoms with E-state index in [0.29, 0.717) is 19.1 Å². The Kier molecular flexibility index (Phi) is 4.65. The van der Waals surface area contributed by atoms with Gasteiger partial charge in [-0.15, -0.1) is 0 Å². The average molecular weight is 225 g/mol. The Bertz CT molecular complexity index is 338. The second-order valence-corrected chi connectivity index (χ2v) is 3.45. The number of anilines is 1. The van der Waals surface area contributed by atoms with Gasteiger partial charge in [0.15, 0.2) is 0 Å². The molecule has 0 aromatic carbocycles. The highest BCUT2D eigenvalue weighted by molar-refractivity contribution is 5.86. The maximum Gasteiger partial charge on any atom is 0.338 e. The van der Waals surface area contributed by atoms with E-state index in [0.717, 1.165) is 0 Å². The van der Waals surface area contributed by atoms with Crippen molar-refractivity contribution < 1.29 is 14.6 Å². The quantitative estimate of drug-likeness (QED) is 0.703. The lowest BCUT2D eigenvalue weighted by Gasteiger charge is -2.08. The molecule has 16 heavy (non-hydrogen) atoms. The van der Waals surface area contributed by atoms with E-state index in [1.807, 2.05) is 13.8 Å². The van der Waals surface area contributed by atoms with Crippen LogP contribution in [-0.2, 0) is 4.74 Å². The molecule has 6 heteroatoms. The van der Waals surface area contributed by atoms with Crippen molar-refractivity contribution in [2.75, 3.05) is 18.5 Å². The molecule has 1 heterocycles. The SMILES string of the molecule is CC(C)OCCNc1ncc(C(=O)O)cn1. The predicted octanol–water partition coefficient (Wildman–Crippen LogP) is 1.01. The average Bonchev–Trinajstić information content (AvgIpc) is 2.25. The Hall–Kier alpha value is -1.69. The standard InChI is InChI=1S/C10H15N3O3/c1-7(2)16-4-3-11-10-12-5-8(6-13-10)9(14)15/h5-7H,3-4H2,1-2H3,(H,14,15)(H,11,12,13). The minimum Gasteiger partial charge on any atom is -0.478 e. The van der Waals surface area contributed by atoms with Gasteiger partial charge >= 0.3 is 5.97 Å². The van der Waals surface area contributed by atoms with Gasteiger partial charge in [0, 0.05) is 18.9 Å². The topological polar surface area (TPSA) is 84.3 Å². The number of hydrogen-bond donors (Lipinski definition) is 2. The molecule has 1 aromatic heterocycles. The molecular weight excluding hydrogens is 210 g/mol. The fourth-order valence-electron chi connectivity index (χ4n) is 0.987. The van der Waals surface area contributed by atoms with Crippen molar-refractivity contribution in [2.24, 2.45) is 0 Å². The highest BCUT2D eigenvalue weighted by atomic mass is 16.5. The number of rotatable bonds is 6. The summed E-state index contributed by atoms with van der Waals surface area (Å²) in [5.74, 6) is -0.632. The van der Waals surface area contributed by atoms with Gasteiger partial charge in [0.1, 0.15) is 0 Å². The van der Waals surface area contributed by atoms with Crippen molar-refractivity contribution in [2.45, 2.75) is 20.0 Å². The first-order chi connectivity index (χ1) is 7.59. The van der Waals surface area contributed by atoms with Gasteiger partial charge in [-0.3, -0.25) is 0 Å². The van der Waals surface area contributed by atoms with Crippen molar-refractivity contribution in [1.29, 1.82) is 0 Å². The third kappa shape index (κ3) is 4.22. The van der Waals surface area contributed by atoms with Crippen LogP contribution in [0.2, 0.25) is 0 Å². The molecule has 1 rings (SSSR count). The number of carboxylic acids is 1. The highest BCUT2D eigenvalue weighted by Crippen LogP contribution is 1.99. The molecule has 1 aromatic rings. The zero-order valence-corrected chi connectivity index (χ0v) is 9.30. The molecule has 0 saturated carbocycles. The molecule has 0 aliphatic heterocycles. The molecule has 0 aliphatic carbocycles. The first-order valence-corrected chi connectivity index (χ1v) is 5.00. The minimum absolute atomic E-state index is 0.0731. The second kappa shape index (κ2) is 6.02. The Morgan fingerprint density at radius 2 is 2.12 bits per heavy atom. The van der Waals surface area contributed by atoms with Crippen LogP contribution in [0, 0.1) is 0 Å². The number of carboxylic acid groups (broad SMARTS) is 1. The summed E-state index contributed by atoms with van der Waals surface area (Å²) in [6, 6.07) is 0. The van der Waals surface area contributed by atoms with Crippen LogP contribution in [0.5, 0.6) is 0 Å². The summed E-state index contributed by atoms with van der Waals surface area (Å²) < 4.78 is 5.31. The molecular formula is C10H15N3O3. The van der Waals surface area contributed by atoms with Crippen molar-refractivity contribution in [3.63, 3.8) is 0 Å². The molecule has 0 bridgehead atoms. The molecule has 88 valence electrons. The van der Waals surface area contributed by atoms with Crippen LogP contribution in [0.4, 0.5) is 5.95 Å². The molecule has 0 saturated heterocycles. The van der Waals surface area contributed by atoms with E-state index >= 15 is 0 Å². The van der Waals surface area contributed by atoms with E-state index in [-0.39, 0.29) is 11.7 Å². The first kappa shape index (κ1) is 12.4. The van der Waals surface area contributed by atoms with E-state index in [2.05, 4.69) is 15.3 Å². The summed E-state index contributed by atoms with van der Waals surface area (Å²) in [4.78, 5) is 18.2. The third-order valence-corrected chi connectivity index (χ3v) is 1.74. The summed E-state index contributed by atoms with van der Waals surface area (Å²) in [5, 5.41) is 11.6. The molecule has 0 unspecified atom stereocenters. The Morgan fingerprint density at radius 3 is 2.62 bits per heavy atom. The van der Waals surface area contributed by atoms with Crippen molar-refractivity contribution in [3.8, 4) is 0 Å². The monoisotopic (exact) mass is 225 g/mol. The van der Waals surface area contributed by atoms with Crippen LogP contribution in [0.1, 0.15) is 24.2 Å². The normalized spacial score (nSPS) is 10.4. The lowest BCUT2D eigenvalue weighted by molar-refractivity contribution is 0.0695. The van der Waals surface area contributed by atoms with Gasteiger partial charge in [0.25, 0.3) is 0 Å². The molecule has 0 atom stereocenters. The van der Waals surface area contributed by atoms with Crippen molar-refractivity contribution in [3.05, 3.63) is 18.0 Å². The Morgan fingerprint density at radius 1 is 1.50 bits per heavy atom. The van der Waals surface area contributed by atoms with Gasteiger partial charge in [-0.2, -0.15) is 0 Å². The summed E-state index contributed by atoms with van der Waals surface area (Å²) in [5.41, 5.74) is 0.0731. The van der Waals surface area contributed by atoms with Crippen LogP contribution in [0.15, 0.2) is 12.4 Å². The highest BCUT2D eigenvalue weighted by Gasteiger charge is 2.03. The summed E-state index contributed by atoms with van der Waals surface area (Å²) >= 11 is 0. The first-order valence-electron chi connectivity index (χ1n) is 5.00. The van der Waals surface area contributed by atoms with Crippen LogP contribution >= 0.6 is 0 Å². The minimum atomic E-state index is -1.03. The van der Waals surface area contributed by atoms with E-state index in [9.17, 15) is 4.79 Å². The van der Waals surface area contributed by atoms with Gasteiger partial charge in [0.05, 0.1) is 18.3 Å². The van der Waals surface area contributed by atoms with Gasteiger partial charge in [0.2, 0.25) is 5.95 Å². The maximum atomic E-state index is 10.5. The molecule has 0 spiro atoms. The van der Waals surface area contributed by atoms with Gasteiger partial charge in [-0.05, 0) is 13.8 Å². The number of carbonyl (C=O) groups is 1. The zero-order chi connectivity index (χ0) is 12.0. The molecule has 6 nitrogen and oxygen atoms in total. The number of nitrogens with one attached hydrogen (secondary N) is 1. The molecule has 0 fully saturated rings. The number of nitrogens with zero attached hydrogens (tertiary/aromatic N) is 2. The van der Waals surface area contributed by atoms with Crippen molar-refractivity contribution >= 4 is 11.9 Å². The lowest BCUT2D eigenvalue weighted by atomic mass is 10.3. The van der Waals surface area contributed by atoms with Crippen molar-refractivity contribution in [1.82, 2.24) is 9.97 Å². The van der Waals surface area contributed by atoms with E-state index < -0.39 is 5.97 Å². The summed E-state index contributed by atoms with van der Waals surface area (Å²) in [6.07, 6.45) is 2.72. The molecule has 0 radical (unpaired) electrons. The van der Waals surface area contributed by atoms with Crippen LogP contribution in [0.25, 0.3) is 0 Å². The maximum absolute atomic E-state index is 10.5. The van der Waals surface area contributed by atoms with Gasteiger partial charge in [-0.25, -0.2) is 14.8 Å². The number of hydrogen-bond acceptors (Lipinski definition) is 5. The molecule has 0 aliphatic rings. The smallest absolute Gasteiger partial charge is 0.338 e. The lowest BCUT2D eigenvalue weighted by Crippen LogP contribution is -2.14. The fraction of sp³-hybridized carbons (Fsp3) is 0.500. The third-order valence-electron chi connectivity index (χ3n) is 1.74. The van der Waals surface area contributed by atoms with Gasteiger partial charge in [-0.1, -0.05) is 0 Å². The summed E-state index contributed by atoms with van der Waals surface area (Å²) in [7, 11) is 0. The molecule has 2 N–H and O–H groups in total. The number of ether oxygens (including phenoxy) is 1. The largest absolute Gasteiger partial charge is 0.478 e. The van der Waals surface area contributed by atoms with E-state index in [1.165, 1.54) is 12.4 Å². The fourth-order valence-corrected chi connectivity index (χ4v) is 0.987. The Balaban J connectivity index is 2.35. The van der Waals surface area contributed by atoms with Crippen LogP contribution in [-0.4, -0.2) is 40.3 Å². The van der Waals surface area contributed by atoms with E-state index in [1.54, 1.807) is 0 Å². The van der Waals surface area contributed by atoms with E-state index in [4.69, 9.17) is 9.84 Å². The van der Waals surface area contributed by atoms with Crippen LogP contribution < -0.4 is 5.32 Å². The zero-order valence-electron chi connectivity index (χ0n) is 9.30.